The van der Waals surface area contributed by atoms with Crippen LogP contribution in [0.25, 0.3) is 34.2 Å². The third-order valence-corrected chi connectivity index (χ3v) is 21.0. The minimum Gasteiger partial charge on any atom is -0.473 e. The summed E-state index contributed by atoms with van der Waals surface area (Å²) in [5, 5.41) is 6.63. The summed E-state index contributed by atoms with van der Waals surface area (Å²) in [5.41, 5.74) is 19.1. The Kier molecular flexibility index (Phi) is 21.6. The summed E-state index contributed by atoms with van der Waals surface area (Å²) in [6.45, 7) is 18.5. The number of ether oxygens (including phenoxy) is 4. The molecule has 570 valence electrons. The van der Waals surface area contributed by atoms with Gasteiger partial charge in [0, 0.05) is 160 Å². The zero-order valence-electron chi connectivity index (χ0n) is 63.5. The van der Waals surface area contributed by atoms with E-state index >= 15 is 0 Å². The maximum Gasteiger partial charge on any atom is 0.249 e. The van der Waals surface area contributed by atoms with Crippen molar-refractivity contribution >= 4 is 64.0 Å². The van der Waals surface area contributed by atoms with Gasteiger partial charge in [0.05, 0.1) is 94.5 Å². The number of hydrogen-bond acceptors (Lipinski definition) is 24. The molecule has 111 heavy (non-hydrogen) atoms. The largest absolute Gasteiger partial charge is 0.473 e. The molecule has 0 amide bonds. The van der Waals surface area contributed by atoms with Crippen LogP contribution in [0.5, 0.6) is 5.88 Å². The number of benzene rings is 4. The molecule has 6 aliphatic heterocycles. The van der Waals surface area contributed by atoms with E-state index in [9.17, 15) is 4.79 Å². The van der Waals surface area contributed by atoms with Gasteiger partial charge in [-0.1, -0.05) is 42.5 Å². The van der Waals surface area contributed by atoms with Gasteiger partial charge in [-0.3, -0.25) is 4.79 Å². The summed E-state index contributed by atoms with van der Waals surface area (Å²) < 4.78 is 29.2. The van der Waals surface area contributed by atoms with Crippen molar-refractivity contribution in [3.8, 4) is 40.0 Å². The number of H-pyrrole nitrogens is 1. The number of fused-ring (bicyclic) bond motifs is 3. The van der Waals surface area contributed by atoms with Crippen LogP contribution in [0.4, 0.5) is 64.0 Å². The van der Waals surface area contributed by atoms with Crippen LogP contribution in [0.2, 0.25) is 0 Å². The maximum atomic E-state index is 11.6. The Hall–Kier alpha value is -12.3. The predicted molar refractivity (Wildman–Crippen MR) is 432 cm³/mol. The van der Waals surface area contributed by atoms with Gasteiger partial charge in [0.1, 0.15) is 35.7 Å². The van der Waals surface area contributed by atoms with E-state index in [1.54, 1.807) is 6.07 Å². The fourth-order valence-electron chi connectivity index (χ4n) is 15.1. The monoisotopic (exact) mass is 1490 g/mol. The van der Waals surface area contributed by atoms with Gasteiger partial charge in [0.25, 0.3) is 0 Å². The van der Waals surface area contributed by atoms with E-state index in [0.29, 0.717) is 69.5 Å². The van der Waals surface area contributed by atoms with Crippen LogP contribution >= 0.6 is 0 Å². The summed E-state index contributed by atoms with van der Waals surface area (Å²) >= 11 is 0. The van der Waals surface area contributed by atoms with E-state index in [0.717, 1.165) is 182 Å². The lowest BCUT2D eigenvalue weighted by Crippen LogP contribution is -2.45. The lowest BCUT2D eigenvalue weighted by Gasteiger charge is -2.38. The molecule has 3 saturated heterocycles. The Morgan fingerprint density at radius 1 is 0.459 bits per heavy atom. The van der Waals surface area contributed by atoms with E-state index in [1.165, 1.54) is 22.8 Å². The Balaban J connectivity index is 0.000000128. The molecule has 12 aromatic rings. The zero-order valence-corrected chi connectivity index (χ0v) is 63.5. The van der Waals surface area contributed by atoms with Crippen molar-refractivity contribution in [1.29, 1.82) is 0 Å². The number of nitrogen functional groups attached to an aromatic ring is 1. The second kappa shape index (κ2) is 32.9. The van der Waals surface area contributed by atoms with Crippen molar-refractivity contribution in [1.82, 2.24) is 68.5 Å². The molecular formula is C83H93N23O5. The van der Waals surface area contributed by atoms with Crippen LogP contribution in [-0.4, -0.2) is 166 Å². The first-order valence-corrected chi connectivity index (χ1v) is 38.1. The predicted octanol–water partition coefficient (Wildman–Crippen LogP) is 10.7. The van der Waals surface area contributed by atoms with Crippen molar-refractivity contribution < 1.29 is 18.9 Å². The minimum atomic E-state index is -0.145. The van der Waals surface area contributed by atoms with Crippen molar-refractivity contribution in [2.45, 2.75) is 84.4 Å². The van der Waals surface area contributed by atoms with Crippen LogP contribution in [-0.2, 0) is 80.9 Å². The Morgan fingerprint density at radius 3 is 1.28 bits per heavy atom. The van der Waals surface area contributed by atoms with Crippen LogP contribution in [0.15, 0.2) is 182 Å². The van der Waals surface area contributed by atoms with Gasteiger partial charge in [-0.15, -0.1) is 0 Å². The number of anilines is 11. The first-order valence-electron chi connectivity index (χ1n) is 38.1. The number of aromatic amines is 1. The highest BCUT2D eigenvalue weighted by Crippen LogP contribution is 2.38. The van der Waals surface area contributed by atoms with Crippen LogP contribution < -0.4 is 56.1 Å². The molecule has 5 N–H and O–H groups in total. The molecule has 4 aromatic carbocycles. The Bertz CT molecular complexity index is 5250. The molecule has 3 atom stereocenters. The third-order valence-electron chi connectivity index (χ3n) is 21.0. The molecule has 14 heterocycles. The summed E-state index contributed by atoms with van der Waals surface area (Å²) in [6.07, 6.45) is 14.1. The number of nitrogens with zero attached hydrogens (tertiary/aromatic N) is 19. The SMILES string of the molecule is C[C@H]1COCCN1c1nc(-c2ccc(N)cc2)nc2c1CCN(c1nccn1C)C2.C[C@H]1COCCN1c1nc(-c2ccc(Nc3cccc(=O)[nH]3)cc2)nc2c1CCN(c1nccn1C)C2.C[C@H]1COCCN1c1nc(-c2ccc(Nc3cccc(OCc4ccccc4)n3)cc2)nc2c1CCN(c1nccn1C)C2. The molecule has 28 heteroatoms. The van der Waals surface area contributed by atoms with Crippen molar-refractivity contribution in [2.24, 2.45) is 21.1 Å². The lowest BCUT2D eigenvalue weighted by atomic mass is 10.0. The van der Waals surface area contributed by atoms with Crippen molar-refractivity contribution in [3.63, 3.8) is 0 Å². The molecule has 3 fully saturated rings. The van der Waals surface area contributed by atoms with Gasteiger partial charge in [-0.2, -0.15) is 4.98 Å². The first-order chi connectivity index (χ1) is 54.2. The topological polar surface area (TPSA) is 283 Å². The highest BCUT2D eigenvalue weighted by molar-refractivity contribution is 5.70. The molecule has 0 aliphatic carbocycles. The number of aromatic nitrogens is 14. The lowest BCUT2D eigenvalue weighted by molar-refractivity contribution is 0.0984. The number of nitrogens with two attached hydrogens (primary N) is 1. The van der Waals surface area contributed by atoms with E-state index in [1.807, 2.05) is 178 Å². The molecule has 18 rings (SSSR count). The maximum absolute atomic E-state index is 11.6. The molecule has 0 unspecified atom stereocenters. The Morgan fingerprint density at radius 2 is 0.874 bits per heavy atom. The number of nitrogens with one attached hydrogen (secondary N) is 3. The molecule has 28 nitrogen and oxygen atoms in total. The molecule has 6 aliphatic rings. The third kappa shape index (κ3) is 16.5. The second-order valence-corrected chi connectivity index (χ2v) is 28.9. The first kappa shape index (κ1) is 72.9. The average Bonchev–Trinajstić information content (AvgIpc) is 1.53. The fourth-order valence-corrected chi connectivity index (χ4v) is 15.1. The van der Waals surface area contributed by atoms with E-state index < -0.39 is 0 Å². The summed E-state index contributed by atoms with van der Waals surface area (Å²) in [4.78, 5) is 77.2. The molecule has 0 radical (unpaired) electrons. The van der Waals surface area contributed by atoms with Crippen LogP contribution in [0.1, 0.15) is 60.1 Å². The molecule has 0 bridgehead atoms. The molecule has 0 saturated carbocycles. The summed E-state index contributed by atoms with van der Waals surface area (Å²) in [5.74, 6) is 10.0. The fraction of sp³-hybridized carbons (Fsp3) is 0.337. The number of imidazole rings is 3. The highest BCUT2D eigenvalue weighted by atomic mass is 16.5. The van der Waals surface area contributed by atoms with Crippen molar-refractivity contribution in [2.75, 3.05) is 125 Å². The minimum absolute atomic E-state index is 0.145. The number of rotatable bonds is 16. The second-order valence-electron chi connectivity index (χ2n) is 28.9. The van der Waals surface area contributed by atoms with Gasteiger partial charge in [0.2, 0.25) is 29.3 Å². The van der Waals surface area contributed by atoms with Gasteiger partial charge in [0.15, 0.2) is 17.5 Å². The van der Waals surface area contributed by atoms with Crippen LogP contribution in [0, 0.1) is 0 Å². The number of morpholine rings is 3. The highest BCUT2D eigenvalue weighted by Gasteiger charge is 2.34. The van der Waals surface area contributed by atoms with E-state index in [4.69, 9.17) is 54.6 Å². The van der Waals surface area contributed by atoms with E-state index in [-0.39, 0.29) is 23.7 Å². The molecule has 8 aromatic heterocycles. The number of hydrogen-bond donors (Lipinski definition) is 4. The van der Waals surface area contributed by atoms with Gasteiger partial charge >= 0.3 is 0 Å². The van der Waals surface area contributed by atoms with Gasteiger partial charge in [-0.25, -0.2) is 44.9 Å². The smallest absolute Gasteiger partial charge is 0.249 e. The Labute approximate surface area is 645 Å². The molecular weight excluding hydrogens is 1400 g/mol. The summed E-state index contributed by atoms with van der Waals surface area (Å²) in [7, 11) is 6.08. The standard InChI is InChI=1S/C34H36N8O2.C27H30N8O2.C22H27N7O/c1-24-22-43-20-19-42(24)33-28-15-17-41(34-35-16-18-40(34)2)21-29(28)37-32(39-33)26-11-13-27(14-12-26)36-30-9-6-10-31(38-30)44-23-25-7-4-3-5-8-25;1-18-17-37-15-14-35(18)26-21-10-12-34(27-28-11-13-33(27)2)16-22(21)30-25(32-26)19-6-8-20(9-7-19)29-23-4-3-5-24(36)31-23;1-15-14-30-12-11-29(15)21-18-7-9-28(22-24-8-10-27(22)2)13-19(18)25-20(26-21)16-3-5-17(23)6-4-16/h3-14,16,18,24H,15,17,19-23H2,1-2H3,(H,36,38);3-9,11,13,18H,10,12,14-17H2,1-2H3,(H2,29,31,36);3-6,8,10,15H,7,9,11-14,23H2,1-2H3/t24-;18-;15-/m000/s1. The number of pyridine rings is 2. The van der Waals surface area contributed by atoms with E-state index in [2.05, 4.69) is 107 Å². The summed E-state index contributed by atoms with van der Waals surface area (Å²) in [6, 6.07) is 45.6. The normalized spacial score (nSPS) is 17.5. The average molecular weight is 1490 g/mol. The van der Waals surface area contributed by atoms with Crippen LogP contribution in [0.3, 0.4) is 0 Å². The molecule has 0 spiro atoms. The zero-order chi connectivity index (χ0) is 75.9. The quantitative estimate of drug-likeness (QED) is 0.0654. The van der Waals surface area contributed by atoms with Gasteiger partial charge in [-0.05, 0) is 131 Å². The van der Waals surface area contributed by atoms with Gasteiger partial charge < -0.3 is 83.4 Å². The number of aryl methyl sites for hydroxylation is 3. The van der Waals surface area contributed by atoms with Crippen molar-refractivity contribution in [3.05, 3.63) is 226 Å².